The summed E-state index contributed by atoms with van der Waals surface area (Å²) >= 11 is 1.32. The molecule has 0 bridgehead atoms. The van der Waals surface area contributed by atoms with Crippen LogP contribution in [0.2, 0.25) is 0 Å². The van der Waals surface area contributed by atoms with E-state index in [0.29, 0.717) is 5.75 Å². The zero-order valence-corrected chi connectivity index (χ0v) is 16.5. The molecule has 0 aromatic heterocycles. The van der Waals surface area contributed by atoms with Gasteiger partial charge in [0, 0.05) is 4.90 Å². The van der Waals surface area contributed by atoms with Crippen molar-refractivity contribution in [2.75, 3.05) is 19.5 Å². The highest BCUT2D eigenvalue weighted by molar-refractivity contribution is 8.00. The summed E-state index contributed by atoms with van der Waals surface area (Å²) < 4.78 is 10.0. The number of benzene rings is 3. The zero-order chi connectivity index (χ0) is 20.6. The first kappa shape index (κ1) is 20.4. The van der Waals surface area contributed by atoms with Crippen molar-refractivity contribution in [3.8, 4) is 5.75 Å². The Kier molecular flexibility index (Phi) is 6.86. The number of hydrogen-bond acceptors (Lipinski definition) is 6. The van der Waals surface area contributed by atoms with Gasteiger partial charge in [-0.25, -0.2) is 0 Å². The maximum atomic E-state index is 12.1. The minimum atomic E-state index is -0.704. The monoisotopic (exact) mass is 409 g/mol. The molecule has 0 saturated carbocycles. The van der Waals surface area contributed by atoms with Crippen molar-refractivity contribution in [1.82, 2.24) is 5.32 Å². The predicted octanol–water partition coefficient (Wildman–Crippen LogP) is 3.44. The Bertz CT molecular complexity index is 1050. The fourth-order valence-electron chi connectivity index (χ4n) is 2.65. The lowest BCUT2D eigenvalue weighted by atomic mass is 10.1. The van der Waals surface area contributed by atoms with Crippen LogP contribution in [0.1, 0.15) is 10.4 Å². The highest BCUT2D eigenvalue weighted by atomic mass is 32.2. The van der Waals surface area contributed by atoms with Crippen LogP contribution < -0.4 is 10.1 Å². The number of amides is 2. The number of thioether (sulfide) groups is 1. The van der Waals surface area contributed by atoms with Crippen molar-refractivity contribution in [3.05, 3.63) is 72.3 Å². The van der Waals surface area contributed by atoms with Gasteiger partial charge in [0.05, 0.1) is 18.4 Å². The summed E-state index contributed by atoms with van der Waals surface area (Å²) in [6.07, 6.45) is 0. The van der Waals surface area contributed by atoms with E-state index in [0.717, 1.165) is 15.7 Å². The van der Waals surface area contributed by atoms with Crippen LogP contribution in [0.25, 0.3) is 10.8 Å². The molecule has 0 spiro atoms. The molecule has 1 N–H and O–H groups in total. The van der Waals surface area contributed by atoms with E-state index in [-0.39, 0.29) is 11.3 Å². The van der Waals surface area contributed by atoms with Crippen LogP contribution in [0.4, 0.5) is 0 Å². The summed E-state index contributed by atoms with van der Waals surface area (Å²) in [5.74, 6) is -1.45. The van der Waals surface area contributed by atoms with Crippen LogP contribution in [0.3, 0.4) is 0 Å². The molecular weight excluding hydrogens is 390 g/mol. The van der Waals surface area contributed by atoms with Crippen LogP contribution in [0.5, 0.6) is 5.75 Å². The normalized spacial score (nSPS) is 10.4. The van der Waals surface area contributed by atoms with E-state index in [1.807, 2.05) is 42.5 Å². The number of ether oxygens (including phenoxy) is 2. The van der Waals surface area contributed by atoms with E-state index in [1.54, 1.807) is 18.2 Å². The van der Waals surface area contributed by atoms with Crippen LogP contribution in [0, 0.1) is 0 Å². The number of esters is 1. The van der Waals surface area contributed by atoms with Gasteiger partial charge in [0.1, 0.15) is 5.75 Å². The van der Waals surface area contributed by atoms with Gasteiger partial charge in [-0.3, -0.25) is 19.7 Å². The average molecular weight is 409 g/mol. The van der Waals surface area contributed by atoms with E-state index in [9.17, 15) is 14.4 Å². The van der Waals surface area contributed by atoms with Gasteiger partial charge in [-0.2, -0.15) is 0 Å². The number of fused-ring (bicyclic) bond motifs is 1. The molecule has 0 atom stereocenters. The minimum Gasteiger partial charge on any atom is -0.496 e. The molecule has 0 saturated heterocycles. The predicted molar refractivity (Wildman–Crippen MR) is 111 cm³/mol. The molecular formula is C22H19NO5S. The third kappa shape index (κ3) is 5.58. The zero-order valence-electron chi connectivity index (χ0n) is 15.7. The Morgan fingerprint density at radius 2 is 1.66 bits per heavy atom. The highest BCUT2D eigenvalue weighted by Gasteiger charge is 2.16. The second-order valence-corrected chi connectivity index (χ2v) is 7.08. The summed E-state index contributed by atoms with van der Waals surface area (Å²) in [4.78, 5) is 36.9. The topological polar surface area (TPSA) is 81.7 Å². The highest BCUT2D eigenvalue weighted by Crippen LogP contribution is 2.23. The minimum absolute atomic E-state index is 0.0616. The first-order valence-electron chi connectivity index (χ1n) is 8.81. The summed E-state index contributed by atoms with van der Waals surface area (Å²) in [7, 11) is 1.43. The van der Waals surface area contributed by atoms with Gasteiger partial charge in [-0.05, 0) is 35.0 Å². The summed E-state index contributed by atoms with van der Waals surface area (Å²) in [5, 5.41) is 4.38. The lowest BCUT2D eigenvalue weighted by Gasteiger charge is -2.09. The lowest BCUT2D eigenvalue weighted by Crippen LogP contribution is -2.34. The maximum absolute atomic E-state index is 12.1. The van der Waals surface area contributed by atoms with E-state index < -0.39 is 24.4 Å². The molecule has 2 amide bonds. The average Bonchev–Trinajstić information content (AvgIpc) is 2.76. The van der Waals surface area contributed by atoms with Crippen molar-refractivity contribution in [2.45, 2.75) is 4.90 Å². The molecule has 0 unspecified atom stereocenters. The number of rotatable bonds is 7. The van der Waals surface area contributed by atoms with Gasteiger partial charge in [-0.15, -0.1) is 11.8 Å². The maximum Gasteiger partial charge on any atom is 0.316 e. The number of methoxy groups -OCH3 is 1. The molecule has 148 valence electrons. The van der Waals surface area contributed by atoms with E-state index in [2.05, 4.69) is 5.32 Å². The quantitative estimate of drug-likeness (QED) is 0.476. The van der Waals surface area contributed by atoms with Crippen molar-refractivity contribution in [1.29, 1.82) is 0 Å². The van der Waals surface area contributed by atoms with Crippen LogP contribution in [-0.4, -0.2) is 37.3 Å². The number of carbonyl (C=O) groups excluding carboxylic acids is 3. The SMILES string of the molecule is COc1ccccc1C(=O)NC(=O)COC(=O)CSc1ccc2ccccc2c1. The largest absolute Gasteiger partial charge is 0.496 e. The molecule has 3 aromatic rings. The number of para-hydroxylation sites is 1. The molecule has 0 fully saturated rings. The summed E-state index contributed by atoms with van der Waals surface area (Å²) in [5.41, 5.74) is 0.224. The third-order valence-corrected chi connectivity index (χ3v) is 5.01. The number of carbonyl (C=O) groups is 3. The van der Waals surface area contributed by atoms with E-state index in [4.69, 9.17) is 9.47 Å². The fourth-order valence-corrected chi connectivity index (χ4v) is 3.39. The smallest absolute Gasteiger partial charge is 0.316 e. The standard InChI is InChI=1S/C22H19NO5S/c1-27-19-9-5-4-8-18(19)22(26)23-20(24)13-28-21(25)14-29-17-11-10-15-6-2-3-7-16(15)12-17/h2-12H,13-14H2,1H3,(H,23,24,26). The van der Waals surface area contributed by atoms with Crippen molar-refractivity contribution in [2.24, 2.45) is 0 Å². The number of imide groups is 1. The molecule has 6 nitrogen and oxygen atoms in total. The van der Waals surface area contributed by atoms with Gasteiger partial charge in [0.25, 0.3) is 11.8 Å². The van der Waals surface area contributed by atoms with Gasteiger partial charge in [-0.1, -0.05) is 42.5 Å². The Labute approximate surface area is 172 Å². The van der Waals surface area contributed by atoms with Crippen LogP contribution in [-0.2, 0) is 14.3 Å². The van der Waals surface area contributed by atoms with Gasteiger partial charge < -0.3 is 9.47 Å². The van der Waals surface area contributed by atoms with Crippen molar-refractivity contribution < 1.29 is 23.9 Å². The third-order valence-electron chi connectivity index (χ3n) is 4.05. The Morgan fingerprint density at radius 1 is 0.931 bits per heavy atom. The molecule has 0 heterocycles. The molecule has 7 heteroatoms. The Balaban J connectivity index is 1.46. The first-order chi connectivity index (χ1) is 14.1. The molecule has 0 radical (unpaired) electrons. The molecule has 29 heavy (non-hydrogen) atoms. The molecule has 3 aromatic carbocycles. The lowest BCUT2D eigenvalue weighted by molar-refractivity contribution is -0.145. The second kappa shape index (κ2) is 9.75. The number of nitrogens with one attached hydrogen (secondary N) is 1. The van der Waals surface area contributed by atoms with Crippen LogP contribution in [0.15, 0.2) is 71.6 Å². The first-order valence-corrected chi connectivity index (χ1v) is 9.80. The Morgan fingerprint density at radius 3 is 2.45 bits per heavy atom. The molecule has 0 aliphatic heterocycles. The van der Waals surface area contributed by atoms with Gasteiger partial charge >= 0.3 is 5.97 Å². The second-order valence-electron chi connectivity index (χ2n) is 6.04. The van der Waals surface area contributed by atoms with Crippen molar-refractivity contribution >= 4 is 40.3 Å². The molecule has 0 aliphatic rings. The van der Waals surface area contributed by atoms with Crippen molar-refractivity contribution in [3.63, 3.8) is 0 Å². The van der Waals surface area contributed by atoms with E-state index in [1.165, 1.54) is 24.9 Å². The number of hydrogen-bond donors (Lipinski definition) is 1. The van der Waals surface area contributed by atoms with E-state index >= 15 is 0 Å². The van der Waals surface area contributed by atoms with Crippen LogP contribution >= 0.6 is 11.8 Å². The molecule has 0 aliphatic carbocycles. The molecule has 3 rings (SSSR count). The summed E-state index contributed by atoms with van der Waals surface area (Å²) in [6, 6.07) is 20.4. The van der Waals surface area contributed by atoms with Gasteiger partial charge in [0.15, 0.2) is 6.61 Å². The Hall–Kier alpha value is -3.32. The van der Waals surface area contributed by atoms with Gasteiger partial charge in [0.2, 0.25) is 0 Å². The fraction of sp³-hybridized carbons (Fsp3) is 0.136. The summed E-state index contributed by atoms with van der Waals surface area (Å²) in [6.45, 7) is -0.530.